The zero-order valence-corrected chi connectivity index (χ0v) is 11.7. The van der Waals surface area contributed by atoms with Crippen LogP contribution in [0.15, 0.2) is 52.6 Å². The summed E-state index contributed by atoms with van der Waals surface area (Å²) in [4.78, 5) is 16.1. The highest BCUT2D eigenvalue weighted by molar-refractivity contribution is 8.26. The van der Waals surface area contributed by atoms with Gasteiger partial charge in [0.2, 0.25) is 5.17 Å². The number of hydrogen-bond acceptors (Lipinski definition) is 3. The first-order chi connectivity index (χ1) is 9.76. The lowest BCUT2D eigenvalue weighted by molar-refractivity contribution is 0.100. The third-order valence-electron chi connectivity index (χ3n) is 2.95. The van der Waals surface area contributed by atoms with E-state index in [1.165, 1.54) is 11.8 Å². The van der Waals surface area contributed by atoms with Gasteiger partial charge in [0, 0.05) is 5.56 Å². The maximum atomic E-state index is 12.1. The second-order valence-electron chi connectivity index (χ2n) is 4.31. The molecule has 20 heavy (non-hydrogen) atoms. The van der Waals surface area contributed by atoms with Crippen LogP contribution in [0.25, 0.3) is 10.8 Å². The number of benzene rings is 2. The molecule has 1 heterocycles. The van der Waals surface area contributed by atoms with E-state index in [0.29, 0.717) is 10.7 Å². The Morgan fingerprint density at radius 2 is 2.00 bits per heavy atom. The minimum Gasteiger partial charge on any atom is -0.267 e. The highest BCUT2D eigenvalue weighted by Crippen LogP contribution is 2.19. The molecule has 2 aromatic rings. The summed E-state index contributed by atoms with van der Waals surface area (Å²) >= 11 is 1.35. The first-order valence-corrected chi connectivity index (χ1v) is 7.15. The average Bonchev–Trinajstić information content (AvgIpc) is 2.94. The highest BCUT2D eigenvalue weighted by Gasteiger charge is 2.16. The fourth-order valence-corrected chi connectivity index (χ4v) is 2.55. The van der Waals surface area contributed by atoms with Crippen LogP contribution in [0.1, 0.15) is 23.7 Å². The van der Waals surface area contributed by atoms with Gasteiger partial charge in [0.25, 0.3) is 5.91 Å². The first-order valence-electron chi connectivity index (χ1n) is 6.33. The Hall–Kier alpha value is -2.14. The molecule has 0 bridgehead atoms. The van der Waals surface area contributed by atoms with Crippen LogP contribution in [-0.2, 0) is 0 Å². The standard InChI is InChI=1S/C15H12N3OS/c1-2-13-17-18-15(20-13)16-14(19)12-8-7-10-5-3-4-6-11(10)9-12/h3-9H,2H2,1H3. The van der Waals surface area contributed by atoms with Crippen molar-refractivity contribution < 1.29 is 4.79 Å². The van der Waals surface area contributed by atoms with Crippen molar-refractivity contribution in [2.45, 2.75) is 13.3 Å². The smallest absolute Gasteiger partial charge is 0.267 e. The second kappa shape index (κ2) is 5.46. The minimum atomic E-state index is -0.283. The van der Waals surface area contributed by atoms with Crippen LogP contribution < -0.4 is 5.43 Å². The van der Waals surface area contributed by atoms with Crippen molar-refractivity contribution in [1.29, 1.82) is 0 Å². The van der Waals surface area contributed by atoms with Crippen molar-refractivity contribution >= 4 is 38.7 Å². The summed E-state index contributed by atoms with van der Waals surface area (Å²) in [5.74, 6) is -0.283. The van der Waals surface area contributed by atoms with Gasteiger partial charge >= 0.3 is 0 Å². The van der Waals surface area contributed by atoms with Crippen LogP contribution >= 0.6 is 11.8 Å². The molecule has 2 aromatic carbocycles. The zero-order chi connectivity index (χ0) is 13.9. The molecule has 0 unspecified atom stereocenters. The summed E-state index contributed by atoms with van der Waals surface area (Å²) in [7, 11) is 0. The van der Waals surface area contributed by atoms with Crippen molar-refractivity contribution in [2.75, 3.05) is 0 Å². The van der Waals surface area contributed by atoms with E-state index in [1.807, 2.05) is 43.3 Å². The largest absolute Gasteiger partial charge is 0.279 e. The van der Waals surface area contributed by atoms with E-state index in [0.717, 1.165) is 22.2 Å². The molecule has 0 aromatic heterocycles. The van der Waals surface area contributed by atoms with Gasteiger partial charge < -0.3 is 0 Å². The molecule has 3 rings (SSSR count). The summed E-state index contributed by atoms with van der Waals surface area (Å²) < 4.78 is 0. The minimum absolute atomic E-state index is 0.283. The van der Waals surface area contributed by atoms with E-state index in [4.69, 9.17) is 0 Å². The Morgan fingerprint density at radius 3 is 2.75 bits per heavy atom. The Balaban J connectivity index is 1.84. The number of amidine groups is 1. The first kappa shape index (κ1) is 12.9. The zero-order valence-electron chi connectivity index (χ0n) is 10.9. The van der Waals surface area contributed by atoms with Gasteiger partial charge in [-0.05, 0) is 41.1 Å². The van der Waals surface area contributed by atoms with Crippen LogP contribution in [0.2, 0.25) is 0 Å². The van der Waals surface area contributed by atoms with Crippen molar-refractivity contribution in [3.8, 4) is 0 Å². The van der Waals surface area contributed by atoms with Crippen molar-refractivity contribution in [2.24, 2.45) is 10.1 Å². The summed E-state index contributed by atoms with van der Waals surface area (Å²) in [6, 6.07) is 13.5. The number of rotatable bonds is 2. The predicted molar refractivity (Wildman–Crippen MR) is 83.2 cm³/mol. The van der Waals surface area contributed by atoms with Gasteiger partial charge in [-0.1, -0.05) is 37.3 Å². The number of thioether (sulfide) groups is 1. The molecular weight excluding hydrogens is 270 g/mol. The summed E-state index contributed by atoms with van der Waals surface area (Å²) in [6.45, 7) is 2.00. The quantitative estimate of drug-likeness (QED) is 0.847. The maximum Gasteiger partial charge on any atom is 0.279 e. The average molecular weight is 282 g/mol. The van der Waals surface area contributed by atoms with Crippen LogP contribution in [0.3, 0.4) is 0 Å². The number of fused-ring (bicyclic) bond motifs is 1. The van der Waals surface area contributed by atoms with Gasteiger partial charge in [-0.15, -0.1) is 10.5 Å². The van der Waals surface area contributed by atoms with Gasteiger partial charge in [-0.3, -0.25) is 4.79 Å². The van der Waals surface area contributed by atoms with Gasteiger partial charge in [-0.2, -0.15) is 4.99 Å². The second-order valence-corrected chi connectivity index (χ2v) is 5.35. The third kappa shape index (κ3) is 2.58. The molecule has 0 spiro atoms. The van der Waals surface area contributed by atoms with Crippen LogP contribution in [0.4, 0.5) is 0 Å². The molecule has 1 radical (unpaired) electrons. The molecule has 0 saturated heterocycles. The summed E-state index contributed by atoms with van der Waals surface area (Å²) in [5, 5.41) is 7.39. The number of aliphatic imine (C=N–C) groups is 1. The highest BCUT2D eigenvalue weighted by atomic mass is 32.2. The van der Waals surface area contributed by atoms with Crippen molar-refractivity contribution in [3.63, 3.8) is 0 Å². The van der Waals surface area contributed by atoms with Crippen LogP contribution in [0.5, 0.6) is 0 Å². The molecule has 0 saturated carbocycles. The summed E-state index contributed by atoms with van der Waals surface area (Å²) in [5.41, 5.74) is 4.46. The monoisotopic (exact) mass is 282 g/mol. The fraction of sp³-hybridized carbons (Fsp3) is 0.133. The SMILES string of the molecule is CCC1=N[N]C(=NC(=O)c2ccc3ccccc3c2)S1. The van der Waals surface area contributed by atoms with Gasteiger partial charge in [0.05, 0.1) is 0 Å². The molecule has 0 N–H and O–H groups in total. The van der Waals surface area contributed by atoms with E-state index in [-0.39, 0.29) is 5.91 Å². The molecule has 5 heteroatoms. The molecular formula is C15H12N3OS. The Kier molecular flexibility index (Phi) is 3.52. The number of nitrogens with zero attached hydrogens (tertiary/aromatic N) is 3. The van der Waals surface area contributed by atoms with Gasteiger partial charge in [0.1, 0.15) is 5.04 Å². The molecule has 1 aliphatic rings. The lowest BCUT2D eigenvalue weighted by Crippen LogP contribution is -2.05. The molecule has 1 aliphatic heterocycles. The maximum absolute atomic E-state index is 12.1. The van der Waals surface area contributed by atoms with Crippen LogP contribution in [-0.4, -0.2) is 16.1 Å². The lowest BCUT2D eigenvalue weighted by Gasteiger charge is -2.00. The van der Waals surface area contributed by atoms with E-state index >= 15 is 0 Å². The van der Waals surface area contributed by atoms with Gasteiger partial charge in [0.15, 0.2) is 0 Å². The normalized spacial score (nSPS) is 16.2. The number of amides is 1. The molecule has 4 nitrogen and oxygen atoms in total. The summed E-state index contributed by atoms with van der Waals surface area (Å²) in [6.07, 6.45) is 0.803. The topological polar surface area (TPSA) is 55.9 Å². The Labute approximate surface area is 121 Å². The van der Waals surface area contributed by atoms with E-state index in [9.17, 15) is 4.79 Å². The Bertz CT molecular complexity index is 737. The molecule has 0 fully saturated rings. The molecule has 0 aliphatic carbocycles. The molecule has 99 valence electrons. The van der Waals surface area contributed by atoms with Crippen molar-refractivity contribution in [1.82, 2.24) is 5.43 Å². The van der Waals surface area contributed by atoms with Crippen LogP contribution in [0, 0.1) is 0 Å². The van der Waals surface area contributed by atoms with Gasteiger partial charge in [-0.25, -0.2) is 0 Å². The number of carbonyl (C=O) groups is 1. The third-order valence-corrected chi connectivity index (χ3v) is 3.91. The Morgan fingerprint density at radius 1 is 1.20 bits per heavy atom. The number of hydrogen-bond donors (Lipinski definition) is 0. The lowest BCUT2D eigenvalue weighted by atomic mass is 10.1. The predicted octanol–water partition coefficient (Wildman–Crippen LogP) is 3.41. The number of carbonyl (C=O) groups excluding carboxylic acids is 1. The fourth-order valence-electron chi connectivity index (χ4n) is 1.91. The molecule has 1 amide bonds. The molecule has 0 atom stereocenters. The van der Waals surface area contributed by atoms with E-state index in [1.54, 1.807) is 6.07 Å². The van der Waals surface area contributed by atoms with Crippen molar-refractivity contribution in [3.05, 3.63) is 48.0 Å². The van der Waals surface area contributed by atoms with E-state index in [2.05, 4.69) is 15.5 Å². The van der Waals surface area contributed by atoms with E-state index < -0.39 is 0 Å².